The highest BCUT2D eigenvalue weighted by atomic mass is 32.2. The van der Waals surface area contributed by atoms with Crippen molar-refractivity contribution >= 4 is 21.8 Å². The first kappa shape index (κ1) is 25.3. The van der Waals surface area contributed by atoms with Gasteiger partial charge in [-0.1, -0.05) is 42.3 Å². The Kier molecular flexibility index (Phi) is 8.83. The second kappa shape index (κ2) is 12.2. The average molecular weight is 494 g/mol. The van der Waals surface area contributed by atoms with Crippen molar-refractivity contribution in [3.8, 4) is 23.8 Å². The van der Waals surface area contributed by atoms with Crippen LogP contribution in [0.1, 0.15) is 15.9 Å². The number of terminal acetylenes is 1. The number of hydrogen-bond donors (Lipinski definition) is 3. The van der Waals surface area contributed by atoms with E-state index in [0.29, 0.717) is 18.1 Å². The van der Waals surface area contributed by atoms with Crippen molar-refractivity contribution in [2.45, 2.75) is 11.5 Å². The van der Waals surface area contributed by atoms with Crippen LogP contribution in [0.25, 0.3) is 0 Å². The first-order chi connectivity index (χ1) is 16.9. The van der Waals surface area contributed by atoms with E-state index >= 15 is 0 Å². The summed E-state index contributed by atoms with van der Waals surface area (Å²) in [5.74, 6) is 1.95. The zero-order chi connectivity index (χ0) is 25.1. The molecular weight excluding hydrogens is 470 g/mol. The summed E-state index contributed by atoms with van der Waals surface area (Å²) in [6, 6.07) is 21.8. The van der Waals surface area contributed by atoms with Crippen LogP contribution in [0.15, 0.2) is 83.8 Å². The zero-order valence-corrected chi connectivity index (χ0v) is 19.4. The number of benzene rings is 3. The molecule has 0 fully saturated rings. The fraction of sp³-hybridized carbons (Fsp3) is 0.120. The lowest BCUT2D eigenvalue weighted by molar-refractivity contribution is -0.123. The molecule has 0 aromatic heterocycles. The Morgan fingerprint density at radius 3 is 2.23 bits per heavy atom. The molecule has 0 aliphatic rings. The van der Waals surface area contributed by atoms with Crippen molar-refractivity contribution < 1.29 is 27.5 Å². The Morgan fingerprint density at radius 2 is 1.54 bits per heavy atom. The van der Waals surface area contributed by atoms with E-state index in [2.05, 4.69) is 21.5 Å². The lowest BCUT2D eigenvalue weighted by atomic mass is 10.2. The standard InChI is InChI=1S/C25H23N3O6S/c1-2-15-26-35(31,32)23-10-6-9-20(16-23)25(30)28-27-24(29)18-34-22-13-11-21(12-14-22)33-17-19-7-4-3-5-8-19/h1,3-14,16,26H,15,17-18H2,(H,27,29)(H,28,30). The Hall–Kier alpha value is -4.33. The Labute approximate surface area is 203 Å². The van der Waals surface area contributed by atoms with E-state index < -0.39 is 21.8 Å². The molecule has 2 amide bonds. The first-order valence-electron chi connectivity index (χ1n) is 10.4. The normalized spacial score (nSPS) is 10.6. The predicted octanol–water partition coefficient (Wildman–Crippen LogP) is 2.02. The van der Waals surface area contributed by atoms with E-state index in [4.69, 9.17) is 15.9 Å². The van der Waals surface area contributed by atoms with Crippen LogP contribution in [-0.4, -0.2) is 33.4 Å². The van der Waals surface area contributed by atoms with Crippen LogP contribution in [0.4, 0.5) is 0 Å². The molecule has 9 nitrogen and oxygen atoms in total. The number of ether oxygens (including phenoxy) is 2. The van der Waals surface area contributed by atoms with E-state index in [1.54, 1.807) is 24.3 Å². The molecule has 3 N–H and O–H groups in total. The van der Waals surface area contributed by atoms with Gasteiger partial charge in [-0.3, -0.25) is 20.4 Å². The number of hydrazine groups is 1. The maximum atomic E-state index is 12.3. The van der Waals surface area contributed by atoms with Crippen molar-refractivity contribution in [2.24, 2.45) is 0 Å². The minimum atomic E-state index is -3.86. The zero-order valence-electron chi connectivity index (χ0n) is 18.6. The molecule has 3 aromatic rings. The lowest BCUT2D eigenvalue weighted by Crippen LogP contribution is -2.43. The van der Waals surface area contributed by atoms with Crippen LogP contribution in [-0.2, 0) is 21.4 Å². The van der Waals surface area contributed by atoms with Gasteiger partial charge >= 0.3 is 0 Å². The number of carbonyl (C=O) groups excluding carboxylic acids is 2. The first-order valence-corrected chi connectivity index (χ1v) is 11.9. The van der Waals surface area contributed by atoms with Gasteiger partial charge in [0.1, 0.15) is 18.1 Å². The van der Waals surface area contributed by atoms with Crippen LogP contribution in [0.5, 0.6) is 11.5 Å². The monoisotopic (exact) mass is 493 g/mol. The summed E-state index contributed by atoms with van der Waals surface area (Å²) < 4.78 is 37.6. The van der Waals surface area contributed by atoms with E-state index in [0.717, 1.165) is 11.6 Å². The van der Waals surface area contributed by atoms with Crippen LogP contribution in [0, 0.1) is 12.3 Å². The second-order valence-electron chi connectivity index (χ2n) is 7.09. The molecule has 0 spiro atoms. The number of hydrogen-bond acceptors (Lipinski definition) is 6. The van der Waals surface area contributed by atoms with Crippen LogP contribution in [0.3, 0.4) is 0 Å². The van der Waals surface area contributed by atoms with E-state index in [1.165, 1.54) is 18.2 Å². The minimum absolute atomic E-state index is 0.0286. The fourth-order valence-corrected chi connectivity index (χ4v) is 3.76. The van der Waals surface area contributed by atoms with Gasteiger partial charge in [-0.25, -0.2) is 8.42 Å². The Morgan fingerprint density at radius 1 is 0.857 bits per heavy atom. The highest BCUT2D eigenvalue weighted by Gasteiger charge is 2.16. The number of nitrogens with one attached hydrogen (secondary N) is 3. The van der Waals surface area contributed by atoms with Crippen molar-refractivity contribution in [3.63, 3.8) is 0 Å². The molecule has 0 aliphatic heterocycles. The lowest BCUT2D eigenvalue weighted by Gasteiger charge is -2.11. The summed E-state index contributed by atoms with van der Waals surface area (Å²) >= 11 is 0. The summed E-state index contributed by atoms with van der Waals surface area (Å²) in [4.78, 5) is 24.2. The molecule has 0 heterocycles. The maximum Gasteiger partial charge on any atom is 0.276 e. The summed E-state index contributed by atoms with van der Waals surface area (Å²) in [5.41, 5.74) is 5.50. The van der Waals surface area contributed by atoms with Crippen molar-refractivity contribution in [2.75, 3.05) is 13.2 Å². The fourth-order valence-electron chi connectivity index (χ4n) is 2.78. The summed E-state index contributed by atoms with van der Waals surface area (Å²) in [6.07, 6.45) is 5.06. The highest BCUT2D eigenvalue weighted by Crippen LogP contribution is 2.18. The van der Waals surface area contributed by atoms with Crippen molar-refractivity contribution in [3.05, 3.63) is 90.0 Å². The van der Waals surface area contributed by atoms with Crippen LogP contribution in [0.2, 0.25) is 0 Å². The van der Waals surface area contributed by atoms with E-state index in [-0.39, 0.29) is 23.6 Å². The molecule has 0 saturated heterocycles. The van der Waals surface area contributed by atoms with Gasteiger partial charge in [-0.2, -0.15) is 4.72 Å². The number of amides is 2. The molecule has 0 bridgehead atoms. The number of sulfonamides is 1. The largest absolute Gasteiger partial charge is 0.489 e. The second-order valence-corrected chi connectivity index (χ2v) is 8.86. The molecule has 0 atom stereocenters. The smallest absolute Gasteiger partial charge is 0.276 e. The maximum absolute atomic E-state index is 12.3. The van der Waals surface area contributed by atoms with E-state index in [9.17, 15) is 18.0 Å². The molecule has 0 aliphatic carbocycles. The summed E-state index contributed by atoms with van der Waals surface area (Å²) in [7, 11) is -3.86. The van der Waals surface area contributed by atoms with Gasteiger partial charge in [0.2, 0.25) is 10.0 Å². The quantitative estimate of drug-likeness (QED) is 0.293. The third kappa shape index (κ3) is 7.89. The van der Waals surface area contributed by atoms with Crippen molar-refractivity contribution in [1.29, 1.82) is 0 Å². The predicted molar refractivity (Wildman–Crippen MR) is 129 cm³/mol. The molecule has 0 unspecified atom stereocenters. The van der Waals surface area contributed by atoms with Gasteiger partial charge in [-0.05, 0) is 48.0 Å². The average Bonchev–Trinajstić information content (AvgIpc) is 2.89. The molecule has 3 rings (SSSR count). The number of rotatable bonds is 10. The molecular formula is C25H23N3O6S. The summed E-state index contributed by atoms with van der Waals surface area (Å²) in [5, 5.41) is 0. The summed E-state index contributed by atoms with van der Waals surface area (Å²) in [6.45, 7) is -0.105. The SMILES string of the molecule is C#CCNS(=O)(=O)c1cccc(C(=O)NNC(=O)COc2ccc(OCc3ccccc3)cc2)c1. The Balaban J connectivity index is 1.44. The minimum Gasteiger partial charge on any atom is -0.489 e. The third-order valence-electron chi connectivity index (χ3n) is 4.53. The van der Waals surface area contributed by atoms with Gasteiger partial charge in [0.25, 0.3) is 11.8 Å². The van der Waals surface area contributed by atoms with Gasteiger partial charge in [0.15, 0.2) is 6.61 Å². The molecule has 35 heavy (non-hydrogen) atoms. The molecule has 180 valence electrons. The van der Waals surface area contributed by atoms with Crippen LogP contribution >= 0.6 is 0 Å². The molecule has 10 heteroatoms. The van der Waals surface area contributed by atoms with E-state index in [1.807, 2.05) is 30.3 Å². The van der Waals surface area contributed by atoms with Gasteiger partial charge in [0.05, 0.1) is 11.4 Å². The highest BCUT2D eigenvalue weighted by molar-refractivity contribution is 7.89. The third-order valence-corrected chi connectivity index (χ3v) is 5.93. The van der Waals surface area contributed by atoms with Gasteiger partial charge in [-0.15, -0.1) is 6.42 Å². The Bertz CT molecular complexity index is 1300. The van der Waals surface area contributed by atoms with Crippen LogP contribution < -0.4 is 25.0 Å². The number of carbonyl (C=O) groups is 2. The molecule has 0 radical (unpaired) electrons. The van der Waals surface area contributed by atoms with Gasteiger partial charge < -0.3 is 9.47 Å². The molecule has 0 saturated carbocycles. The topological polar surface area (TPSA) is 123 Å². The van der Waals surface area contributed by atoms with Gasteiger partial charge in [0, 0.05) is 5.56 Å². The molecule has 3 aromatic carbocycles. The van der Waals surface area contributed by atoms with Crippen molar-refractivity contribution in [1.82, 2.24) is 15.6 Å².